The van der Waals surface area contributed by atoms with E-state index in [9.17, 15) is 0 Å². The highest BCUT2D eigenvalue weighted by molar-refractivity contribution is 4.92. The monoisotopic (exact) mass is 253 g/mol. The fraction of sp³-hybridized carbons (Fsp3) is 1.00. The molecule has 18 heavy (non-hydrogen) atoms. The highest BCUT2D eigenvalue weighted by Gasteiger charge is 2.40. The average Bonchev–Trinajstić information content (AvgIpc) is 2.40. The van der Waals surface area contributed by atoms with Crippen molar-refractivity contribution >= 4 is 0 Å². The first-order valence-corrected chi connectivity index (χ1v) is 8.02. The first kappa shape index (κ1) is 14.3. The molecular weight excluding hydrogens is 222 g/mol. The van der Waals surface area contributed by atoms with Crippen LogP contribution in [0.4, 0.5) is 0 Å². The van der Waals surface area contributed by atoms with E-state index in [0.29, 0.717) is 0 Å². The largest absolute Gasteiger partial charge is 0.373 e. The zero-order valence-electron chi connectivity index (χ0n) is 12.4. The number of rotatable bonds is 5. The van der Waals surface area contributed by atoms with E-state index in [4.69, 9.17) is 4.74 Å². The molecule has 106 valence electrons. The van der Waals surface area contributed by atoms with Gasteiger partial charge in [0.2, 0.25) is 0 Å². The molecule has 0 spiro atoms. The van der Waals surface area contributed by atoms with Gasteiger partial charge in [0.1, 0.15) is 0 Å². The first-order valence-electron chi connectivity index (χ1n) is 8.02. The smallest absolute Gasteiger partial charge is 0.0711 e. The summed E-state index contributed by atoms with van der Waals surface area (Å²) in [7, 11) is 4.27. The Balaban J connectivity index is 1.92. The van der Waals surface area contributed by atoms with Crippen LogP contribution in [0.2, 0.25) is 0 Å². The maximum Gasteiger partial charge on any atom is 0.0711 e. The minimum absolute atomic E-state index is 0.259. The van der Waals surface area contributed by atoms with Gasteiger partial charge in [-0.15, -0.1) is 0 Å². The van der Waals surface area contributed by atoms with E-state index in [-0.39, 0.29) is 5.60 Å². The van der Waals surface area contributed by atoms with Gasteiger partial charge >= 0.3 is 0 Å². The predicted octanol–water partition coefficient (Wildman–Crippen LogP) is 3.85. The summed E-state index contributed by atoms with van der Waals surface area (Å²) in [4.78, 5) is 2.23. The summed E-state index contributed by atoms with van der Waals surface area (Å²) in [6.45, 7) is 1.98. The molecule has 0 heterocycles. The Morgan fingerprint density at radius 3 is 2.17 bits per heavy atom. The number of ether oxygens (including phenoxy) is 1. The standard InChI is InChI=1S/C16H31NO/c1-17(2)13-14-18-16(11-7-4-8-12-16)15-9-5-3-6-10-15/h15H,3-14H2,1-2H3. The van der Waals surface area contributed by atoms with Crippen molar-refractivity contribution in [2.24, 2.45) is 5.92 Å². The van der Waals surface area contributed by atoms with Gasteiger partial charge in [0.05, 0.1) is 12.2 Å². The Labute approximate surface area is 113 Å². The van der Waals surface area contributed by atoms with Crippen LogP contribution in [-0.2, 0) is 4.74 Å². The van der Waals surface area contributed by atoms with Gasteiger partial charge in [-0.25, -0.2) is 0 Å². The Kier molecular flexibility index (Phi) is 5.50. The van der Waals surface area contributed by atoms with E-state index in [1.165, 1.54) is 64.2 Å². The van der Waals surface area contributed by atoms with Crippen molar-refractivity contribution in [2.45, 2.75) is 69.8 Å². The van der Waals surface area contributed by atoms with Crippen molar-refractivity contribution in [3.8, 4) is 0 Å². The minimum Gasteiger partial charge on any atom is -0.373 e. The summed E-state index contributed by atoms with van der Waals surface area (Å²) in [6.07, 6.45) is 14.0. The number of hydrogen-bond acceptors (Lipinski definition) is 2. The lowest BCUT2D eigenvalue weighted by Crippen LogP contribution is -2.44. The van der Waals surface area contributed by atoms with Crippen LogP contribution >= 0.6 is 0 Å². The minimum atomic E-state index is 0.259. The zero-order chi connectivity index (χ0) is 12.8. The Hall–Kier alpha value is -0.0800. The molecule has 2 fully saturated rings. The third-order valence-electron chi connectivity index (χ3n) is 4.98. The second-order valence-electron chi connectivity index (χ2n) is 6.61. The van der Waals surface area contributed by atoms with Gasteiger partial charge in [0.25, 0.3) is 0 Å². The van der Waals surface area contributed by atoms with Crippen molar-refractivity contribution in [1.29, 1.82) is 0 Å². The molecule has 0 unspecified atom stereocenters. The summed E-state index contributed by atoms with van der Waals surface area (Å²) < 4.78 is 6.48. The van der Waals surface area contributed by atoms with Crippen LogP contribution in [-0.4, -0.2) is 37.7 Å². The zero-order valence-corrected chi connectivity index (χ0v) is 12.4. The van der Waals surface area contributed by atoms with Crippen LogP contribution in [0.1, 0.15) is 64.2 Å². The first-order chi connectivity index (χ1) is 8.73. The summed E-state index contributed by atoms with van der Waals surface area (Å²) >= 11 is 0. The highest BCUT2D eigenvalue weighted by atomic mass is 16.5. The lowest BCUT2D eigenvalue weighted by atomic mass is 9.69. The summed E-state index contributed by atoms with van der Waals surface area (Å²) in [6, 6.07) is 0. The van der Waals surface area contributed by atoms with Crippen molar-refractivity contribution in [3.05, 3.63) is 0 Å². The molecule has 2 heteroatoms. The topological polar surface area (TPSA) is 12.5 Å². The average molecular weight is 253 g/mol. The molecule has 2 saturated carbocycles. The fourth-order valence-electron chi connectivity index (χ4n) is 3.88. The van der Waals surface area contributed by atoms with E-state index in [0.717, 1.165) is 19.1 Å². The normalized spacial score (nSPS) is 25.5. The lowest BCUT2D eigenvalue weighted by Gasteiger charge is -2.45. The van der Waals surface area contributed by atoms with Crippen LogP contribution < -0.4 is 0 Å². The molecular formula is C16H31NO. The van der Waals surface area contributed by atoms with Gasteiger partial charge in [-0.3, -0.25) is 0 Å². The molecule has 0 radical (unpaired) electrons. The van der Waals surface area contributed by atoms with E-state index in [1.807, 2.05) is 0 Å². The highest BCUT2D eigenvalue weighted by Crippen LogP contribution is 2.44. The van der Waals surface area contributed by atoms with E-state index >= 15 is 0 Å². The maximum absolute atomic E-state index is 6.48. The van der Waals surface area contributed by atoms with Gasteiger partial charge in [-0.05, 0) is 45.7 Å². The van der Waals surface area contributed by atoms with Gasteiger partial charge in [-0.2, -0.15) is 0 Å². The van der Waals surface area contributed by atoms with Crippen molar-refractivity contribution < 1.29 is 4.74 Å². The summed E-state index contributed by atoms with van der Waals surface area (Å²) in [5.74, 6) is 0.855. The Morgan fingerprint density at radius 2 is 1.56 bits per heavy atom. The van der Waals surface area contributed by atoms with Crippen LogP contribution in [0.3, 0.4) is 0 Å². The predicted molar refractivity (Wildman–Crippen MR) is 76.9 cm³/mol. The molecule has 0 aromatic rings. The van der Waals surface area contributed by atoms with Crippen molar-refractivity contribution in [3.63, 3.8) is 0 Å². The van der Waals surface area contributed by atoms with Crippen molar-refractivity contribution in [1.82, 2.24) is 4.90 Å². The number of hydrogen-bond donors (Lipinski definition) is 0. The van der Waals surface area contributed by atoms with Gasteiger partial charge in [-0.1, -0.05) is 38.5 Å². The van der Waals surface area contributed by atoms with Crippen LogP contribution in [0.5, 0.6) is 0 Å². The van der Waals surface area contributed by atoms with E-state index in [2.05, 4.69) is 19.0 Å². The molecule has 0 aliphatic heterocycles. The molecule has 2 aliphatic rings. The van der Waals surface area contributed by atoms with Gasteiger partial charge in [0, 0.05) is 6.54 Å². The SMILES string of the molecule is CN(C)CCOC1(C2CCCCC2)CCCCC1. The van der Waals surface area contributed by atoms with E-state index < -0.39 is 0 Å². The molecule has 0 amide bonds. The molecule has 2 rings (SSSR count). The van der Waals surface area contributed by atoms with Crippen LogP contribution in [0, 0.1) is 5.92 Å². The fourth-order valence-corrected chi connectivity index (χ4v) is 3.88. The van der Waals surface area contributed by atoms with Crippen LogP contribution in [0.15, 0.2) is 0 Å². The molecule has 0 bridgehead atoms. The molecule has 0 aromatic heterocycles. The third kappa shape index (κ3) is 3.71. The molecule has 0 saturated heterocycles. The molecule has 2 aliphatic carbocycles. The number of likely N-dealkylation sites (N-methyl/N-ethyl adjacent to an activating group) is 1. The number of nitrogens with zero attached hydrogens (tertiary/aromatic N) is 1. The van der Waals surface area contributed by atoms with Gasteiger partial charge < -0.3 is 9.64 Å². The summed E-state index contributed by atoms with van der Waals surface area (Å²) in [5.41, 5.74) is 0.259. The molecule has 0 atom stereocenters. The lowest BCUT2D eigenvalue weighted by molar-refractivity contribution is -0.120. The Bertz CT molecular complexity index is 227. The Morgan fingerprint density at radius 1 is 0.944 bits per heavy atom. The van der Waals surface area contributed by atoms with E-state index in [1.54, 1.807) is 0 Å². The summed E-state index contributed by atoms with van der Waals surface area (Å²) in [5, 5.41) is 0. The molecule has 0 aromatic carbocycles. The quantitative estimate of drug-likeness (QED) is 0.738. The van der Waals surface area contributed by atoms with Gasteiger partial charge in [0.15, 0.2) is 0 Å². The van der Waals surface area contributed by atoms with Crippen molar-refractivity contribution in [2.75, 3.05) is 27.2 Å². The third-order valence-corrected chi connectivity index (χ3v) is 4.98. The molecule has 0 N–H and O–H groups in total. The second kappa shape index (κ2) is 6.91. The maximum atomic E-state index is 6.48. The molecule has 2 nitrogen and oxygen atoms in total. The van der Waals surface area contributed by atoms with Crippen LogP contribution in [0.25, 0.3) is 0 Å². The second-order valence-corrected chi connectivity index (χ2v) is 6.61.